The summed E-state index contributed by atoms with van der Waals surface area (Å²) in [6.07, 6.45) is -49.1. The molecule has 0 unspecified atom stereocenters. The molecular weight excluding hydrogens is 1350 g/mol. The quantitative estimate of drug-likeness (QED) is 0.0209. The molecule has 4 aliphatic rings. The first-order valence-electron chi connectivity index (χ1n) is 21.8. The number of carbonyl (C=O) groups is 3. The van der Waals surface area contributed by atoms with Gasteiger partial charge in [0.05, 0.1) is 33.6 Å². The van der Waals surface area contributed by atoms with Crippen molar-refractivity contribution >= 4 is 103 Å². The van der Waals surface area contributed by atoms with E-state index in [0.717, 1.165) is 19.1 Å². The highest BCUT2D eigenvalue weighted by Gasteiger charge is 2.60. The Hall–Kier alpha value is -4.46. The van der Waals surface area contributed by atoms with Crippen LogP contribution in [0, 0.1) is 20.2 Å². The highest BCUT2D eigenvalue weighted by molar-refractivity contribution is 9.10. The largest absolute Gasteiger partial charge is 0.479 e. The van der Waals surface area contributed by atoms with E-state index >= 15 is 0 Å². The topological polar surface area (TPSA) is 723 Å². The van der Waals surface area contributed by atoms with Crippen LogP contribution in [0.25, 0.3) is 0 Å². The number of non-ortho nitro benzene ring substituents is 1. The smallest absolute Gasteiger partial charge is 0.397 e. The molecule has 0 saturated carbocycles. The van der Waals surface area contributed by atoms with Crippen molar-refractivity contribution in [3.63, 3.8) is 0 Å². The maximum atomic E-state index is 12.7. The summed E-state index contributed by atoms with van der Waals surface area (Å²) in [5.74, 6) is -5.49. The predicted octanol–water partition coefficient (Wildman–Crippen LogP) is -8.86. The second-order valence-electron chi connectivity index (χ2n) is 17.0. The number of nitrogens with one attached hydrogen (secondary N) is 2. The van der Waals surface area contributed by atoms with E-state index in [1.54, 1.807) is 0 Å². The number of hydrogen-bond acceptors (Lipinski definition) is 35. The summed E-state index contributed by atoms with van der Waals surface area (Å²) < 4.78 is 222. The Kier molecular flexibility index (Phi) is 24.1. The van der Waals surface area contributed by atoms with E-state index in [4.69, 9.17) is 43.4 Å². The number of nitrogens with two attached hydrogens (primary N) is 1. The number of carboxylic acids is 2. The lowest BCUT2D eigenvalue weighted by Crippen LogP contribution is -2.71. The van der Waals surface area contributed by atoms with Gasteiger partial charge < -0.3 is 85.1 Å². The van der Waals surface area contributed by atoms with E-state index in [1.165, 1.54) is 4.72 Å². The number of nitrogens with zero attached hydrogens (tertiary/aromatic N) is 2. The maximum absolute atomic E-state index is 12.7. The molecule has 5 rings (SSSR count). The van der Waals surface area contributed by atoms with E-state index < -0.39 is 221 Å². The Morgan fingerprint density at radius 1 is 0.619 bits per heavy atom. The van der Waals surface area contributed by atoms with E-state index in [2.05, 4.69) is 32.7 Å². The highest BCUT2D eigenvalue weighted by atomic mass is 79.9. The maximum Gasteiger partial charge on any atom is 0.397 e. The van der Waals surface area contributed by atoms with Gasteiger partial charge in [0.1, 0.15) is 78.8 Å². The van der Waals surface area contributed by atoms with Crippen molar-refractivity contribution in [2.24, 2.45) is 0 Å². The molecule has 0 spiro atoms. The molecule has 0 aromatic heterocycles. The molecule has 4 saturated heterocycles. The molecular formula is C32H46BrN5O41S5. The monoisotopic (exact) mass is 1390 g/mol. The van der Waals surface area contributed by atoms with Crippen LogP contribution in [0.5, 0.6) is 0 Å². The van der Waals surface area contributed by atoms with Crippen molar-refractivity contribution in [2.45, 2.75) is 130 Å². The van der Waals surface area contributed by atoms with E-state index in [9.17, 15) is 136 Å². The third-order valence-electron chi connectivity index (χ3n) is 11.2. The third-order valence-corrected chi connectivity index (χ3v) is 14.2. The summed E-state index contributed by atoms with van der Waals surface area (Å²) in [4.78, 5) is 55.7. The third kappa shape index (κ3) is 19.8. The first kappa shape index (κ1) is 72.0. The van der Waals surface area contributed by atoms with Crippen LogP contribution in [0.3, 0.4) is 0 Å². The minimum absolute atomic E-state index is 0.124. The number of nitro benzene ring substituents is 2. The van der Waals surface area contributed by atoms with Crippen molar-refractivity contribution in [3.05, 3.63) is 36.8 Å². The minimum atomic E-state index is -6.09. The number of amides is 1. The highest BCUT2D eigenvalue weighted by Crippen LogP contribution is 2.38. The van der Waals surface area contributed by atoms with Crippen LogP contribution in [-0.2, 0) is 116 Å². The standard InChI is InChI=1S/C26H42N2O37S5.C6H4BrN3O4/c1-4(30)27-7-9(31)13(6(56-23(7)39)3-55-67(43,44)45)58-26-19(65-70(52,53)54)12(34)16(20(62-26)22(37)38)60-24-8(28-66(40,41)42)15(63-68(46,47)48)14(5(2-29)57-24)59-25-18(64-69(49,50)51)11(33)10(32)17(61-25)21(35)36;7-4-1-3(9(11)12)2-5(6(4)8)10(13)14/h5-20,23-26,28-29,31-34,39H,2-3H2,1H3,(H,27,30)(H,35,36)(H,37,38)(H,40,41,42)(H,43,44,45)(H,46,47,48)(H,49,50,51)(H,52,53,54);1-2H,8H2/t5-,6+,7-,8-,9-,10-,11-,12+,13-,14-,15-,16+,17-,18+,19-,20+,23-,24+,25+,26-;/m1./s1. The molecule has 1 aromatic rings. The number of benzene rings is 1. The molecule has 1 aromatic carbocycles. The van der Waals surface area contributed by atoms with Gasteiger partial charge in [-0.3, -0.25) is 47.8 Å². The number of nitro groups is 2. The molecule has 4 fully saturated rings. The van der Waals surface area contributed by atoms with Gasteiger partial charge in [0.25, 0.3) is 11.4 Å². The van der Waals surface area contributed by atoms with Crippen LogP contribution < -0.4 is 15.8 Å². The molecule has 20 atom stereocenters. The first-order chi connectivity index (χ1) is 38.2. The zero-order valence-corrected chi connectivity index (χ0v) is 46.4. The Morgan fingerprint density at radius 3 is 1.56 bits per heavy atom. The molecule has 0 radical (unpaired) electrons. The van der Waals surface area contributed by atoms with Gasteiger partial charge in [0.15, 0.2) is 49.6 Å². The summed E-state index contributed by atoms with van der Waals surface area (Å²) in [6.45, 7) is -2.24. The SMILES string of the molecule is CC(=O)N[C@@H]1[C@@H](O)[C@H](O[C@@H]2O[C@H](C(=O)O)[C@@H](O[C@@H]3O[C@H](CO)[C@@H](O[C@H]4O[C@@H](C(=O)O)[C@H](O)[C@@H](O)[C@@H]4OS(=O)(=O)O)[C@H](OS(=O)(=O)O)[C@H]3NS(=O)(=O)O)[C@H](O)[C@H]2OS(=O)(=O)O)[C@H](COS(=O)(=O)O)O[C@H]1O.Nc1c(Br)cc([N+](=O)[O-])cc1[N+](=O)[O-]. The molecule has 482 valence electrons. The number of halogens is 1. The number of rotatable bonds is 23. The fourth-order valence-corrected chi connectivity index (χ4v) is 10.7. The zero-order valence-electron chi connectivity index (χ0n) is 40.8. The summed E-state index contributed by atoms with van der Waals surface area (Å²) in [5.41, 5.74) is 4.36. The fraction of sp³-hybridized carbons (Fsp3) is 0.719. The fourth-order valence-electron chi connectivity index (χ4n) is 7.90. The normalized spacial score (nSPS) is 34.3. The molecule has 4 aliphatic heterocycles. The minimum Gasteiger partial charge on any atom is -0.479 e. The molecule has 52 heteroatoms. The van der Waals surface area contributed by atoms with Gasteiger partial charge in [-0.05, 0) is 15.9 Å². The second-order valence-corrected chi connectivity index (χ2v) is 23.3. The summed E-state index contributed by atoms with van der Waals surface area (Å²) in [5, 5.41) is 107. The first-order valence-corrected chi connectivity index (χ1v) is 29.5. The number of anilines is 1. The molecule has 4 heterocycles. The van der Waals surface area contributed by atoms with Crippen LogP contribution in [0.1, 0.15) is 6.92 Å². The number of aliphatic hydroxyl groups is 6. The van der Waals surface area contributed by atoms with E-state index in [-0.39, 0.29) is 15.8 Å². The van der Waals surface area contributed by atoms with Crippen molar-refractivity contribution in [1.29, 1.82) is 0 Å². The Balaban J connectivity index is 0.000000942. The number of hydrogen-bond donors (Lipinski definition) is 16. The zero-order chi connectivity index (χ0) is 64.3. The van der Waals surface area contributed by atoms with Crippen LogP contribution in [0.15, 0.2) is 16.6 Å². The lowest BCUT2D eigenvalue weighted by Gasteiger charge is -2.50. The van der Waals surface area contributed by atoms with Gasteiger partial charge >= 0.3 is 63.8 Å². The van der Waals surface area contributed by atoms with E-state index in [1.807, 2.05) is 5.32 Å². The molecule has 1 amide bonds. The van der Waals surface area contributed by atoms with Crippen LogP contribution >= 0.6 is 15.9 Å². The van der Waals surface area contributed by atoms with Gasteiger partial charge in [-0.2, -0.15) is 46.8 Å². The number of carbonyl (C=O) groups excluding carboxylic acids is 1. The number of ether oxygens (including phenoxy) is 7. The molecule has 17 N–H and O–H groups in total. The lowest BCUT2D eigenvalue weighted by atomic mass is 9.94. The van der Waals surface area contributed by atoms with Crippen molar-refractivity contribution in [3.8, 4) is 0 Å². The number of nitrogen functional groups attached to an aromatic ring is 1. The van der Waals surface area contributed by atoms with Gasteiger partial charge in [-0.1, -0.05) is 0 Å². The molecule has 84 heavy (non-hydrogen) atoms. The summed E-state index contributed by atoms with van der Waals surface area (Å²) >= 11 is 2.90. The Morgan fingerprint density at radius 2 is 1.11 bits per heavy atom. The van der Waals surface area contributed by atoms with Gasteiger partial charge in [-0.15, -0.1) is 0 Å². The lowest BCUT2D eigenvalue weighted by molar-refractivity contribution is -0.393. The predicted molar refractivity (Wildman–Crippen MR) is 253 cm³/mol. The van der Waals surface area contributed by atoms with Gasteiger partial charge in [0.2, 0.25) is 5.91 Å². The number of aliphatic carboxylic acids is 2. The van der Waals surface area contributed by atoms with Crippen molar-refractivity contribution in [1.82, 2.24) is 10.0 Å². The van der Waals surface area contributed by atoms with Crippen LogP contribution in [0.2, 0.25) is 0 Å². The van der Waals surface area contributed by atoms with E-state index in [0.29, 0.717) is 0 Å². The second kappa shape index (κ2) is 28.1. The van der Waals surface area contributed by atoms with Gasteiger partial charge in [0, 0.05) is 13.0 Å². The molecule has 0 aliphatic carbocycles. The molecule has 46 nitrogen and oxygen atoms in total. The molecule has 0 bridgehead atoms. The number of aliphatic hydroxyl groups excluding tert-OH is 6. The van der Waals surface area contributed by atoms with Gasteiger partial charge in [-0.25, -0.2) is 26.3 Å². The Bertz CT molecular complexity index is 3160. The Labute approximate surface area is 476 Å². The summed E-state index contributed by atoms with van der Waals surface area (Å²) in [7, 11) is -29.1. The van der Waals surface area contributed by atoms with Crippen molar-refractivity contribution in [2.75, 3.05) is 18.9 Å². The van der Waals surface area contributed by atoms with Crippen molar-refractivity contribution < 1.29 is 180 Å². The van der Waals surface area contributed by atoms with Crippen LogP contribution in [-0.4, -0.2) is 269 Å². The average molecular weight is 1400 g/mol. The number of carboxylic acid groups (broad SMARTS) is 2. The van der Waals surface area contributed by atoms with Crippen LogP contribution in [0.4, 0.5) is 17.1 Å². The average Bonchev–Trinajstić information content (AvgIpc) is 1.70. The summed E-state index contributed by atoms with van der Waals surface area (Å²) in [6, 6.07) is -3.03.